The molecular weight excluding hydrogens is 349 g/mol. The minimum absolute atomic E-state index is 0.317. The molecule has 0 radical (unpaired) electrons. The number of hydrogen-bond donors (Lipinski definition) is 2. The highest BCUT2D eigenvalue weighted by Crippen LogP contribution is 2.44. The van der Waals surface area contributed by atoms with Gasteiger partial charge in [0.1, 0.15) is 12.3 Å². The molecule has 7 nitrogen and oxygen atoms in total. The van der Waals surface area contributed by atoms with Gasteiger partial charge in [-0.05, 0) is 0 Å². The molecule has 1 aliphatic carbocycles. The number of alkyl halides is 2. The molecule has 2 aromatic rings. The molecule has 4 rings (SSSR count). The summed E-state index contributed by atoms with van der Waals surface area (Å²) in [5.74, 6) is -0.339. The Kier molecular flexibility index (Phi) is 3.88. The number of aliphatic hydroxyl groups is 1. The zero-order valence-electron chi connectivity index (χ0n) is 13.5. The van der Waals surface area contributed by atoms with Crippen molar-refractivity contribution in [1.82, 2.24) is 24.9 Å². The van der Waals surface area contributed by atoms with Gasteiger partial charge in [0.2, 0.25) is 5.91 Å². The summed E-state index contributed by atoms with van der Waals surface area (Å²) in [5.41, 5.74) is 4.20. The Bertz CT molecular complexity index is 874. The lowest BCUT2D eigenvalue weighted by Crippen LogP contribution is -2.37. The number of halogens is 2. The van der Waals surface area contributed by atoms with Gasteiger partial charge in [0.25, 0.3) is 0 Å². The zero-order chi connectivity index (χ0) is 17.7. The summed E-state index contributed by atoms with van der Waals surface area (Å²) < 4.78 is 14.7. The average molecular weight is 366 g/mol. The third-order valence-corrected chi connectivity index (χ3v) is 5.06. The number of aryl methyl sites for hydroxylation is 1. The Balaban J connectivity index is 1.84. The van der Waals surface area contributed by atoms with Crippen molar-refractivity contribution in [2.45, 2.75) is 24.5 Å². The summed E-state index contributed by atoms with van der Waals surface area (Å²) in [7, 11) is 1.71. The van der Waals surface area contributed by atoms with Crippen molar-refractivity contribution in [2.75, 3.05) is 13.2 Å². The molecule has 3 heterocycles. The van der Waals surface area contributed by atoms with E-state index in [4.69, 9.17) is 16.7 Å². The van der Waals surface area contributed by atoms with Crippen molar-refractivity contribution in [2.24, 2.45) is 7.05 Å². The number of aliphatic hydroxyl groups excluding tert-OH is 1. The van der Waals surface area contributed by atoms with E-state index in [1.54, 1.807) is 24.2 Å². The van der Waals surface area contributed by atoms with Crippen molar-refractivity contribution >= 4 is 23.1 Å². The van der Waals surface area contributed by atoms with Gasteiger partial charge in [-0.1, -0.05) is 6.08 Å². The first-order chi connectivity index (χ1) is 12.0. The number of rotatable bonds is 2. The van der Waals surface area contributed by atoms with Crippen LogP contribution in [0.4, 0.5) is 4.39 Å². The quantitative estimate of drug-likeness (QED) is 0.780. The first-order valence-corrected chi connectivity index (χ1v) is 8.42. The molecule has 0 fully saturated rings. The van der Waals surface area contributed by atoms with Crippen molar-refractivity contribution in [3.63, 3.8) is 0 Å². The monoisotopic (exact) mass is 365 g/mol. The van der Waals surface area contributed by atoms with Crippen molar-refractivity contribution in [3.8, 4) is 0 Å². The maximum atomic E-state index is 14.7. The molecule has 2 N–H and O–H groups in total. The molecule has 2 aliphatic rings. The molecule has 0 spiro atoms. The van der Waals surface area contributed by atoms with Crippen molar-refractivity contribution < 1.29 is 14.3 Å². The smallest absolute Gasteiger partial charge is 0.248 e. The molecular formula is C16H17ClFN5O2. The molecule has 9 heteroatoms. The highest BCUT2D eigenvalue weighted by molar-refractivity contribution is 6.23. The van der Waals surface area contributed by atoms with Crippen LogP contribution in [0.25, 0.3) is 5.57 Å². The SMILES string of the molecule is Cn1ncc(C2=CC(Cl)C(F)c3[nH]c4c(c32)CN(C(=O)CO)CC4)n1. The van der Waals surface area contributed by atoms with Gasteiger partial charge in [-0.15, -0.1) is 11.6 Å². The van der Waals surface area contributed by atoms with E-state index < -0.39 is 18.2 Å². The van der Waals surface area contributed by atoms with E-state index in [-0.39, 0.29) is 5.91 Å². The summed E-state index contributed by atoms with van der Waals surface area (Å²) in [6.07, 6.45) is 2.47. The molecule has 0 bridgehead atoms. The summed E-state index contributed by atoms with van der Waals surface area (Å²) in [4.78, 5) is 18.0. The van der Waals surface area contributed by atoms with Gasteiger partial charge in [-0.2, -0.15) is 15.0 Å². The molecule has 2 atom stereocenters. The topological polar surface area (TPSA) is 87.0 Å². The molecule has 0 aromatic carbocycles. The van der Waals surface area contributed by atoms with E-state index in [1.165, 1.54) is 4.80 Å². The van der Waals surface area contributed by atoms with Crippen molar-refractivity contribution in [1.29, 1.82) is 0 Å². The molecule has 25 heavy (non-hydrogen) atoms. The van der Waals surface area contributed by atoms with E-state index in [9.17, 15) is 9.18 Å². The third kappa shape index (κ3) is 2.56. The Morgan fingerprint density at radius 2 is 2.36 bits per heavy atom. The van der Waals surface area contributed by atoms with Crippen LogP contribution in [-0.4, -0.2) is 54.4 Å². The molecule has 2 unspecified atom stereocenters. The summed E-state index contributed by atoms with van der Waals surface area (Å²) in [5, 5.41) is 16.7. The van der Waals surface area contributed by atoms with Crippen molar-refractivity contribution in [3.05, 3.63) is 40.5 Å². The fraction of sp³-hybridized carbons (Fsp3) is 0.438. The molecule has 1 aliphatic heterocycles. The Morgan fingerprint density at radius 3 is 3.04 bits per heavy atom. The maximum absolute atomic E-state index is 14.7. The van der Waals surface area contributed by atoms with E-state index in [0.717, 1.165) is 11.3 Å². The van der Waals surface area contributed by atoms with Gasteiger partial charge >= 0.3 is 0 Å². The molecule has 0 saturated carbocycles. The van der Waals surface area contributed by atoms with Crippen LogP contribution >= 0.6 is 11.6 Å². The second-order valence-electron chi connectivity index (χ2n) is 6.24. The van der Waals surface area contributed by atoms with Gasteiger partial charge in [-0.25, -0.2) is 4.39 Å². The van der Waals surface area contributed by atoms with E-state index >= 15 is 0 Å². The molecule has 132 valence electrons. The largest absolute Gasteiger partial charge is 0.387 e. The van der Waals surface area contributed by atoms with E-state index in [2.05, 4.69) is 15.2 Å². The van der Waals surface area contributed by atoms with Crippen LogP contribution in [0, 0.1) is 0 Å². The number of amides is 1. The Morgan fingerprint density at radius 1 is 1.56 bits per heavy atom. The molecule has 0 saturated heterocycles. The van der Waals surface area contributed by atoms with Crippen LogP contribution < -0.4 is 0 Å². The normalized spacial score (nSPS) is 22.4. The van der Waals surface area contributed by atoms with E-state index in [0.29, 0.717) is 42.0 Å². The number of H-pyrrole nitrogens is 1. The fourth-order valence-electron chi connectivity index (χ4n) is 3.51. The molecule has 2 aromatic heterocycles. The third-order valence-electron chi connectivity index (χ3n) is 4.72. The van der Waals surface area contributed by atoms with Gasteiger partial charge in [0.05, 0.1) is 17.3 Å². The van der Waals surface area contributed by atoms with Crippen LogP contribution in [0.1, 0.15) is 34.4 Å². The number of nitrogens with one attached hydrogen (secondary N) is 1. The fourth-order valence-corrected chi connectivity index (χ4v) is 3.77. The standard InChI is InChI=1S/C16H17ClFN5O2/c1-22-19-5-12(21-22)8-4-10(17)15(18)16-14(8)9-6-23(13(25)7-24)3-2-11(9)20-16/h4-5,10,15,20,24H,2-3,6-7H2,1H3. The summed E-state index contributed by atoms with van der Waals surface area (Å²) in [6, 6.07) is 0. The Hall–Kier alpha value is -2.19. The van der Waals surface area contributed by atoms with E-state index in [1.807, 2.05) is 0 Å². The van der Waals surface area contributed by atoms with Crippen LogP contribution in [0.2, 0.25) is 0 Å². The maximum Gasteiger partial charge on any atom is 0.248 e. The van der Waals surface area contributed by atoms with Gasteiger partial charge in [0, 0.05) is 49.0 Å². The number of allylic oxidation sites excluding steroid dienone is 1. The number of nitrogens with zero attached hydrogens (tertiary/aromatic N) is 4. The lowest BCUT2D eigenvalue weighted by Gasteiger charge is -2.28. The average Bonchev–Trinajstić information content (AvgIpc) is 3.20. The van der Waals surface area contributed by atoms with Gasteiger partial charge < -0.3 is 15.0 Å². The zero-order valence-corrected chi connectivity index (χ0v) is 14.3. The first-order valence-electron chi connectivity index (χ1n) is 7.99. The minimum atomic E-state index is -1.36. The number of carbonyl (C=O) groups excluding carboxylic acids is 1. The summed E-state index contributed by atoms with van der Waals surface area (Å²) >= 11 is 6.19. The number of fused-ring (bicyclic) bond motifs is 3. The van der Waals surface area contributed by atoms with Gasteiger partial charge in [-0.3, -0.25) is 4.79 Å². The number of aromatic amines is 1. The van der Waals surface area contributed by atoms with Crippen LogP contribution in [-0.2, 0) is 24.8 Å². The minimum Gasteiger partial charge on any atom is -0.387 e. The lowest BCUT2D eigenvalue weighted by atomic mass is 9.89. The summed E-state index contributed by atoms with van der Waals surface area (Å²) in [6.45, 7) is 0.263. The number of aromatic nitrogens is 4. The second kappa shape index (κ2) is 5.96. The number of carbonyl (C=O) groups is 1. The van der Waals surface area contributed by atoms with Crippen LogP contribution in [0.5, 0.6) is 0 Å². The second-order valence-corrected chi connectivity index (χ2v) is 6.74. The predicted octanol–water partition coefficient (Wildman–Crippen LogP) is 1.08. The van der Waals surface area contributed by atoms with Gasteiger partial charge in [0.15, 0.2) is 6.17 Å². The highest BCUT2D eigenvalue weighted by Gasteiger charge is 2.36. The lowest BCUT2D eigenvalue weighted by molar-refractivity contribution is -0.135. The molecule has 1 amide bonds. The first kappa shape index (κ1) is 16.3. The predicted molar refractivity (Wildman–Crippen MR) is 88.6 cm³/mol. The Labute approximate surface area is 148 Å². The highest BCUT2D eigenvalue weighted by atomic mass is 35.5. The number of hydrogen-bond acceptors (Lipinski definition) is 4. The van der Waals surface area contributed by atoms with Crippen LogP contribution in [0.15, 0.2) is 12.3 Å². The van der Waals surface area contributed by atoms with Crippen LogP contribution in [0.3, 0.4) is 0 Å².